The SMILES string of the molecule is COC(C)(C)CNC(=O)Nc1ccc(C(=O)O)cc1. The molecular formula is C13H18N2O4. The second-order valence-corrected chi connectivity index (χ2v) is 4.65. The topological polar surface area (TPSA) is 87.7 Å². The fourth-order valence-corrected chi connectivity index (χ4v) is 1.24. The molecule has 0 heterocycles. The van der Waals surface area contributed by atoms with Crippen LogP contribution in [0, 0.1) is 0 Å². The second-order valence-electron chi connectivity index (χ2n) is 4.65. The first kappa shape index (κ1) is 15.0. The number of carboxylic acid groups (broad SMARTS) is 1. The summed E-state index contributed by atoms with van der Waals surface area (Å²) in [5.41, 5.74) is 0.258. The number of urea groups is 1. The molecule has 6 nitrogen and oxygen atoms in total. The molecule has 0 fully saturated rings. The van der Waals surface area contributed by atoms with Crippen molar-refractivity contribution < 1.29 is 19.4 Å². The maximum atomic E-state index is 11.6. The normalized spacial score (nSPS) is 10.9. The molecule has 0 aromatic heterocycles. The summed E-state index contributed by atoms with van der Waals surface area (Å²) in [6.07, 6.45) is 0. The Morgan fingerprint density at radius 3 is 2.32 bits per heavy atom. The molecule has 0 atom stereocenters. The summed E-state index contributed by atoms with van der Waals surface area (Å²) < 4.78 is 5.17. The van der Waals surface area contributed by atoms with E-state index >= 15 is 0 Å². The van der Waals surface area contributed by atoms with Gasteiger partial charge in [0.15, 0.2) is 0 Å². The highest BCUT2D eigenvalue weighted by Crippen LogP contribution is 2.10. The van der Waals surface area contributed by atoms with Crippen molar-refractivity contribution in [1.82, 2.24) is 5.32 Å². The fraction of sp³-hybridized carbons (Fsp3) is 0.385. The van der Waals surface area contributed by atoms with Crippen LogP contribution in [-0.4, -0.2) is 36.4 Å². The summed E-state index contributed by atoms with van der Waals surface area (Å²) in [5.74, 6) is -1.00. The summed E-state index contributed by atoms with van der Waals surface area (Å²) in [7, 11) is 1.57. The van der Waals surface area contributed by atoms with Crippen LogP contribution >= 0.6 is 0 Å². The standard InChI is InChI=1S/C13H18N2O4/c1-13(2,19-3)8-14-12(18)15-10-6-4-9(5-7-10)11(16)17/h4-7H,8H2,1-3H3,(H,16,17)(H2,14,15,18). The number of hydrogen-bond acceptors (Lipinski definition) is 3. The molecule has 3 N–H and O–H groups in total. The summed E-state index contributed by atoms with van der Waals surface area (Å²) in [5, 5.41) is 14.0. The Balaban J connectivity index is 2.51. The monoisotopic (exact) mass is 266 g/mol. The van der Waals surface area contributed by atoms with E-state index in [-0.39, 0.29) is 11.6 Å². The smallest absolute Gasteiger partial charge is 0.335 e. The molecule has 1 rings (SSSR count). The third-order valence-corrected chi connectivity index (χ3v) is 2.62. The zero-order valence-corrected chi connectivity index (χ0v) is 11.2. The number of hydrogen-bond donors (Lipinski definition) is 3. The van der Waals surface area contributed by atoms with E-state index in [1.807, 2.05) is 13.8 Å². The van der Waals surface area contributed by atoms with Gasteiger partial charge >= 0.3 is 12.0 Å². The maximum absolute atomic E-state index is 11.6. The van der Waals surface area contributed by atoms with Gasteiger partial charge in [-0.3, -0.25) is 0 Å². The molecule has 0 aliphatic heterocycles. The van der Waals surface area contributed by atoms with Crippen molar-refractivity contribution in [3.8, 4) is 0 Å². The predicted octanol–water partition coefficient (Wildman–Crippen LogP) is 1.93. The molecule has 0 aliphatic carbocycles. The van der Waals surface area contributed by atoms with Crippen LogP contribution in [-0.2, 0) is 4.74 Å². The van der Waals surface area contributed by atoms with Crippen molar-refractivity contribution in [1.29, 1.82) is 0 Å². The van der Waals surface area contributed by atoms with Gasteiger partial charge in [-0.15, -0.1) is 0 Å². The molecule has 1 aromatic carbocycles. The number of rotatable bonds is 5. The Hall–Kier alpha value is -2.08. The van der Waals surface area contributed by atoms with Crippen molar-refractivity contribution in [2.24, 2.45) is 0 Å². The van der Waals surface area contributed by atoms with E-state index in [1.165, 1.54) is 24.3 Å². The summed E-state index contributed by atoms with van der Waals surface area (Å²) >= 11 is 0. The maximum Gasteiger partial charge on any atom is 0.335 e. The number of aromatic carboxylic acids is 1. The van der Waals surface area contributed by atoms with Gasteiger partial charge < -0.3 is 20.5 Å². The molecule has 6 heteroatoms. The highest BCUT2D eigenvalue weighted by atomic mass is 16.5. The first-order valence-corrected chi connectivity index (χ1v) is 5.77. The van der Waals surface area contributed by atoms with Crippen molar-refractivity contribution >= 4 is 17.7 Å². The molecule has 0 spiro atoms. The largest absolute Gasteiger partial charge is 0.478 e. The zero-order chi connectivity index (χ0) is 14.5. The van der Waals surface area contributed by atoms with Crippen LogP contribution in [0.2, 0.25) is 0 Å². The van der Waals surface area contributed by atoms with Crippen molar-refractivity contribution in [2.45, 2.75) is 19.4 Å². The summed E-state index contributed by atoms with van der Waals surface area (Å²) in [6, 6.07) is 5.55. The number of benzene rings is 1. The van der Waals surface area contributed by atoms with Gasteiger partial charge in [0.25, 0.3) is 0 Å². The van der Waals surface area contributed by atoms with Crippen LogP contribution in [0.4, 0.5) is 10.5 Å². The lowest BCUT2D eigenvalue weighted by molar-refractivity contribution is 0.0257. The molecule has 1 aromatic rings. The summed E-state index contributed by atoms with van der Waals surface area (Å²) in [6.45, 7) is 4.08. The molecule has 0 aliphatic rings. The van der Waals surface area contributed by atoms with E-state index in [0.29, 0.717) is 12.2 Å². The number of amides is 2. The lowest BCUT2D eigenvalue weighted by Gasteiger charge is -2.23. The van der Waals surface area contributed by atoms with Gasteiger partial charge in [0, 0.05) is 19.3 Å². The minimum atomic E-state index is -1.00. The van der Waals surface area contributed by atoms with E-state index in [0.717, 1.165) is 0 Å². The molecular weight excluding hydrogens is 248 g/mol. The van der Waals surface area contributed by atoms with Crippen molar-refractivity contribution in [2.75, 3.05) is 19.0 Å². The first-order valence-electron chi connectivity index (χ1n) is 5.77. The van der Waals surface area contributed by atoms with E-state index in [2.05, 4.69) is 10.6 Å². The number of carbonyl (C=O) groups is 2. The van der Waals surface area contributed by atoms with Crippen LogP contribution in [0.25, 0.3) is 0 Å². The number of nitrogens with one attached hydrogen (secondary N) is 2. The molecule has 19 heavy (non-hydrogen) atoms. The number of carboxylic acids is 1. The molecule has 104 valence electrons. The van der Waals surface area contributed by atoms with Crippen LogP contribution in [0.3, 0.4) is 0 Å². The highest BCUT2D eigenvalue weighted by Gasteiger charge is 2.17. The van der Waals surface area contributed by atoms with Gasteiger partial charge in [0.05, 0.1) is 11.2 Å². The Kier molecular flexibility index (Phi) is 4.88. The predicted molar refractivity (Wildman–Crippen MR) is 71.5 cm³/mol. The average Bonchev–Trinajstić information content (AvgIpc) is 2.37. The first-order chi connectivity index (χ1) is 8.84. The van der Waals surface area contributed by atoms with Gasteiger partial charge in [0.1, 0.15) is 0 Å². The van der Waals surface area contributed by atoms with Crippen LogP contribution in [0.15, 0.2) is 24.3 Å². The number of ether oxygens (including phenoxy) is 1. The molecule has 0 saturated heterocycles. The Morgan fingerprint density at radius 2 is 1.84 bits per heavy atom. The molecule has 0 radical (unpaired) electrons. The minimum absolute atomic E-state index is 0.173. The lowest BCUT2D eigenvalue weighted by atomic mass is 10.1. The third kappa shape index (κ3) is 4.97. The number of carbonyl (C=O) groups excluding carboxylic acids is 1. The Labute approximate surface area is 111 Å². The van der Waals surface area contributed by atoms with E-state index < -0.39 is 11.6 Å². The number of methoxy groups -OCH3 is 1. The zero-order valence-electron chi connectivity index (χ0n) is 11.2. The average molecular weight is 266 g/mol. The van der Waals surface area contributed by atoms with Crippen LogP contribution < -0.4 is 10.6 Å². The summed E-state index contributed by atoms with van der Waals surface area (Å²) in [4.78, 5) is 22.3. The quantitative estimate of drug-likeness (QED) is 0.760. The Morgan fingerprint density at radius 1 is 1.26 bits per heavy atom. The molecule has 2 amide bonds. The lowest BCUT2D eigenvalue weighted by Crippen LogP contribution is -2.41. The van der Waals surface area contributed by atoms with E-state index in [1.54, 1.807) is 7.11 Å². The van der Waals surface area contributed by atoms with Crippen LogP contribution in [0.1, 0.15) is 24.2 Å². The van der Waals surface area contributed by atoms with Crippen LogP contribution in [0.5, 0.6) is 0 Å². The second kappa shape index (κ2) is 6.19. The van der Waals surface area contributed by atoms with Crippen molar-refractivity contribution in [3.63, 3.8) is 0 Å². The third-order valence-electron chi connectivity index (χ3n) is 2.62. The highest BCUT2D eigenvalue weighted by molar-refractivity contribution is 5.91. The number of anilines is 1. The van der Waals surface area contributed by atoms with E-state index in [9.17, 15) is 9.59 Å². The van der Waals surface area contributed by atoms with Gasteiger partial charge in [-0.05, 0) is 38.1 Å². The van der Waals surface area contributed by atoms with E-state index in [4.69, 9.17) is 9.84 Å². The van der Waals surface area contributed by atoms with Gasteiger partial charge in [-0.2, -0.15) is 0 Å². The van der Waals surface area contributed by atoms with Gasteiger partial charge in [0.2, 0.25) is 0 Å². The minimum Gasteiger partial charge on any atom is -0.478 e. The fourth-order valence-electron chi connectivity index (χ4n) is 1.24. The molecule has 0 unspecified atom stereocenters. The molecule has 0 saturated carbocycles. The Bertz CT molecular complexity index is 454. The van der Waals surface area contributed by atoms with Crippen molar-refractivity contribution in [3.05, 3.63) is 29.8 Å². The van der Waals surface area contributed by atoms with Gasteiger partial charge in [-0.25, -0.2) is 9.59 Å². The molecule has 0 bridgehead atoms. The van der Waals surface area contributed by atoms with Gasteiger partial charge in [-0.1, -0.05) is 0 Å².